The maximum Gasteiger partial charge on any atom is 0.112 e. The molecule has 0 aliphatic heterocycles. The van der Waals surface area contributed by atoms with Gasteiger partial charge in [0.05, 0.1) is 11.1 Å². The van der Waals surface area contributed by atoms with Crippen LogP contribution in [0.1, 0.15) is 19.6 Å². The van der Waals surface area contributed by atoms with Gasteiger partial charge in [-0.25, -0.2) is 0 Å². The van der Waals surface area contributed by atoms with Crippen LogP contribution in [-0.2, 0) is 5.41 Å². The summed E-state index contributed by atoms with van der Waals surface area (Å²) in [5, 5.41) is 8.98. The van der Waals surface area contributed by atoms with E-state index in [0.717, 1.165) is 10.2 Å². The van der Waals surface area contributed by atoms with Gasteiger partial charge in [0.15, 0.2) is 0 Å². The molecule has 0 aromatic carbocycles. The maximum atomic E-state index is 8.98. The lowest BCUT2D eigenvalue weighted by atomic mass is 9.92. The first kappa shape index (κ1) is 8.81. The van der Waals surface area contributed by atoms with Crippen LogP contribution in [0, 0.1) is 0 Å². The van der Waals surface area contributed by atoms with E-state index in [0.29, 0.717) is 0 Å². The average molecular weight is 219 g/mol. The number of rotatable bonds is 2. The van der Waals surface area contributed by atoms with Crippen LogP contribution in [0.3, 0.4) is 0 Å². The molecule has 0 bridgehead atoms. The van der Waals surface area contributed by atoms with Crippen LogP contribution in [0.2, 0.25) is 0 Å². The van der Waals surface area contributed by atoms with E-state index in [1.165, 1.54) is 0 Å². The van der Waals surface area contributed by atoms with Crippen molar-refractivity contribution in [2.24, 2.45) is 0 Å². The Morgan fingerprint density at radius 1 is 1.64 bits per heavy atom. The van der Waals surface area contributed by atoms with E-state index in [2.05, 4.69) is 15.9 Å². The van der Waals surface area contributed by atoms with Crippen LogP contribution in [0.25, 0.3) is 0 Å². The molecule has 11 heavy (non-hydrogen) atoms. The van der Waals surface area contributed by atoms with Crippen LogP contribution in [0.5, 0.6) is 0 Å². The molecule has 1 aromatic heterocycles. The van der Waals surface area contributed by atoms with Crippen molar-refractivity contribution in [1.29, 1.82) is 0 Å². The fourth-order valence-electron chi connectivity index (χ4n) is 0.746. The Hall–Kier alpha value is -0.280. The molecule has 0 fully saturated rings. The first-order chi connectivity index (χ1) is 5.06. The van der Waals surface area contributed by atoms with Gasteiger partial charge in [0.2, 0.25) is 0 Å². The van der Waals surface area contributed by atoms with E-state index < -0.39 is 0 Å². The summed E-state index contributed by atoms with van der Waals surface area (Å²) in [7, 11) is 0. The zero-order chi connectivity index (χ0) is 8.48. The Bertz CT molecular complexity index is 240. The van der Waals surface area contributed by atoms with Crippen molar-refractivity contribution in [3.63, 3.8) is 0 Å². The minimum absolute atomic E-state index is 0.0902. The van der Waals surface area contributed by atoms with Gasteiger partial charge in [-0.1, -0.05) is 13.8 Å². The van der Waals surface area contributed by atoms with E-state index in [-0.39, 0.29) is 12.0 Å². The maximum absolute atomic E-state index is 8.98. The molecule has 62 valence electrons. The summed E-state index contributed by atoms with van der Waals surface area (Å²) in [4.78, 5) is 0. The highest BCUT2D eigenvalue weighted by Gasteiger charge is 2.22. The van der Waals surface area contributed by atoms with Gasteiger partial charge in [0.1, 0.15) is 12.0 Å². The number of furan rings is 1. The second kappa shape index (κ2) is 2.99. The van der Waals surface area contributed by atoms with Gasteiger partial charge in [-0.15, -0.1) is 0 Å². The van der Waals surface area contributed by atoms with E-state index in [4.69, 9.17) is 9.52 Å². The molecule has 0 saturated carbocycles. The van der Waals surface area contributed by atoms with Gasteiger partial charge in [0.25, 0.3) is 0 Å². The highest BCUT2D eigenvalue weighted by Crippen LogP contribution is 2.26. The third kappa shape index (κ3) is 1.84. The van der Waals surface area contributed by atoms with Gasteiger partial charge >= 0.3 is 0 Å². The highest BCUT2D eigenvalue weighted by atomic mass is 79.9. The number of halogens is 1. The number of aliphatic hydroxyl groups excluding tert-OH is 1. The monoisotopic (exact) mass is 218 g/mol. The summed E-state index contributed by atoms with van der Waals surface area (Å²) in [5.74, 6) is 0.798. The summed E-state index contributed by atoms with van der Waals surface area (Å²) in [5.41, 5.74) is -0.286. The number of aliphatic hydroxyl groups is 1. The second-order valence-corrected chi connectivity index (χ2v) is 4.09. The van der Waals surface area contributed by atoms with E-state index in [1.54, 1.807) is 6.26 Å². The molecule has 0 atom stereocenters. The fraction of sp³-hybridized carbons (Fsp3) is 0.500. The molecule has 0 unspecified atom stereocenters. The largest absolute Gasteiger partial charge is 0.467 e. The van der Waals surface area contributed by atoms with Crippen molar-refractivity contribution in [2.75, 3.05) is 6.61 Å². The molecule has 1 rings (SSSR count). The summed E-state index contributed by atoms with van der Waals surface area (Å²) in [6, 6.07) is 1.87. The van der Waals surface area contributed by atoms with Crippen molar-refractivity contribution in [2.45, 2.75) is 19.3 Å². The molecule has 2 nitrogen and oxygen atoms in total. The lowest BCUT2D eigenvalue weighted by Crippen LogP contribution is -2.20. The van der Waals surface area contributed by atoms with E-state index in [9.17, 15) is 0 Å². The smallest absolute Gasteiger partial charge is 0.112 e. The highest BCUT2D eigenvalue weighted by molar-refractivity contribution is 9.10. The lowest BCUT2D eigenvalue weighted by Gasteiger charge is -2.17. The molecule has 0 amide bonds. The minimum Gasteiger partial charge on any atom is -0.467 e. The van der Waals surface area contributed by atoms with Gasteiger partial charge in [0, 0.05) is 5.41 Å². The molecule has 0 saturated heterocycles. The Morgan fingerprint density at radius 3 is 2.64 bits per heavy atom. The topological polar surface area (TPSA) is 33.4 Å². The SMILES string of the molecule is CC(C)(CO)c1cc(Br)co1. The van der Waals surface area contributed by atoms with Crippen molar-refractivity contribution < 1.29 is 9.52 Å². The zero-order valence-corrected chi connectivity index (χ0v) is 8.18. The van der Waals surface area contributed by atoms with Crippen molar-refractivity contribution in [3.05, 3.63) is 22.6 Å². The van der Waals surface area contributed by atoms with Crippen LogP contribution >= 0.6 is 15.9 Å². The minimum atomic E-state index is -0.286. The second-order valence-electron chi connectivity index (χ2n) is 3.17. The molecular weight excluding hydrogens is 208 g/mol. The van der Waals surface area contributed by atoms with Crippen LogP contribution < -0.4 is 0 Å². The van der Waals surface area contributed by atoms with Gasteiger partial charge in [-0.05, 0) is 22.0 Å². The Labute approximate surface area is 74.3 Å². The van der Waals surface area contributed by atoms with Crippen LogP contribution in [0.4, 0.5) is 0 Å². The molecule has 0 spiro atoms. The number of hydrogen-bond donors (Lipinski definition) is 1. The summed E-state index contributed by atoms with van der Waals surface area (Å²) >= 11 is 3.28. The van der Waals surface area contributed by atoms with Crippen molar-refractivity contribution in [3.8, 4) is 0 Å². The predicted octanol–water partition coefficient (Wildman–Crippen LogP) is 2.31. The standard InChI is InChI=1S/C8H11BrO2/c1-8(2,5-10)7-3-6(9)4-11-7/h3-4,10H,5H2,1-2H3. The van der Waals surface area contributed by atoms with Crippen molar-refractivity contribution >= 4 is 15.9 Å². The molecule has 0 radical (unpaired) electrons. The molecule has 1 N–H and O–H groups in total. The van der Waals surface area contributed by atoms with Crippen LogP contribution in [0.15, 0.2) is 21.2 Å². The van der Waals surface area contributed by atoms with Crippen LogP contribution in [-0.4, -0.2) is 11.7 Å². The predicted molar refractivity (Wildman–Crippen MR) is 46.5 cm³/mol. The first-order valence-corrected chi connectivity index (χ1v) is 4.21. The zero-order valence-electron chi connectivity index (χ0n) is 6.60. The average Bonchev–Trinajstić information content (AvgIpc) is 2.36. The van der Waals surface area contributed by atoms with Crippen molar-refractivity contribution in [1.82, 2.24) is 0 Å². The quantitative estimate of drug-likeness (QED) is 0.827. The van der Waals surface area contributed by atoms with Gasteiger partial charge in [-0.3, -0.25) is 0 Å². The van der Waals surface area contributed by atoms with E-state index in [1.807, 2.05) is 19.9 Å². The summed E-state index contributed by atoms with van der Waals surface area (Å²) in [6.07, 6.45) is 1.62. The molecule has 1 heterocycles. The Morgan fingerprint density at radius 2 is 2.27 bits per heavy atom. The molecule has 0 aliphatic rings. The van der Waals surface area contributed by atoms with Gasteiger partial charge in [-0.2, -0.15) is 0 Å². The molecular formula is C8H11BrO2. The first-order valence-electron chi connectivity index (χ1n) is 3.41. The number of hydrogen-bond acceptors (Lipinski definition) is 2. The molecule has 3 heteroatoms. The van der Waals surface area contributed by atoms with E-state index >= 15 is 0 Å². The molecule has 0 aliphatic carbocycles. The lowest BCUT2D eigenvalue weighted by molar-refractivity contribution is 0.197. The Kier molecular flexibility index (Phi) is 2.40. The third-order valence-electron chi connectivity index (χ3n) is 1.63. The van der Waals surface area contributed by atoms with Gasteiger partial charge < -0.3 is 9.52 Å². The fourth-order valence-corrected chi connectivity index (χ4v) is 1.05. The Balaban J connectivity index is 2.92. The third-order valence-corrected chi connectivity index (χ3v) is 2.05. The normalized spacial score (nSPS) is 12.0. The molecule has 1 aromatic rings. The summed E-state index contributed by atoms with van der Waals surface area (Å²) in [6.45, 7) is 3.95. The summed E-state index contributed by atoms with van der Waals surface area (Å²) < 4.78 is 6.12.